The Morgan fingerprint density at radius 2 is 1.05 bits per heavy atom. The van der Waals surface area contributed by atoms with Gasteiger partial charge in [0.2, 0.25) is 23.6 Å². The lowest BCUT2D eigenvalue weighted by molar-refractivity contribution is -0.134. The standard InChI is InChI=1S/C55H72N8O14/c1-31(2)21-37(46(65)54(7)29-74-54)56-48(67)39(23-34-15-11-9-12-16-34)58-52(71)43(27-64)60-50(69)41-25-36(76-62-41)19-20-55(30-75-55)47(66)38(22-32(3)4)57-49(68)40(24-35-17-13-10-14-18-35)59-53(72)44(28-73-8)61-51(70)42-26-45(33(5)6)77-63-42/h9-18,25-26,31-33,37-40,43-44,64H,19-24,27-30H2,1-8H3,(H,56,67)(H,57,68)(H,58,71)(H,59,72)(H,60,69)(H,61,70)/t37?,38?,39?,40-,43?,44?,54+,55+/m0/s1. The fraction of sp³-hybridized carbons (Fsp3) is 0.527. The zero-order chi connectivity index (χ0) is 56.0. The molecule has 4 aromatic rings. The molecule has 7 N–H and O–H groups in total. The van der Waals surface area contributed by atoms with Crippen LogP contribution in [0.5, 0.6) is 0 Å². The molecular formula is C55H72N8O14. The summed E-state index contributed by atoms with van der Waals surface area (Å²) in [7, 11) is 1.36. The quantitative estimate of drug-likeness (QED) is 0.0356. The molecule has 0 bridgehead atoms. The topological polar surface area (TPSA) is 315 Å². The number of methoxy groups -OCH3 is 1. The number of aliphatic hydroxyl groups is 1. The third-order valence-corrected chi connectivity index (χ3v) is 13.2. The average molecular weight is 1070 g/mol. The molecule has 4 heterocycles. The summed E-state index contributed by atoms with van der Waals surface area (Å²) in [5.74, 6) is -4.56. The lowest BCUT2D eigenvalue weighted by Crippen LogP contribution is -2.58. The molecular weight excluding hydrogens is 997 g/mol. The van der Waals surface area contributed by atoms with E-state index in [9.17, 15) is 43.5 Å². The van der Waals surface area contributed by atoms with Gasteiger partial charge in [-0.25, -0.2) is 0 Å². The Morgan fingerprint density at radius 3 is 1.51 bits per heavy atom. The molecule has 2 aliphatic heterocycles. The number of nitrogens with zero attached hydrogens (tertiary/aromatic N) is 2. The number of aromatic nitrogens is 2. The Balaban J connectivity index is 1.09. The molecule has 0 saturated carbocycles. The smallest absolute Gasteiger partial charge is 0.274 e. The molecule has 416 valence electrons. The molecule has 0 radical (unpaired) electrons. The number of ether oxygens (including phenoxy) is 3. The van der Waals surface area contributed by atoms with Crippen LogP contribution in [-0.2, 0) is 62.2 Å². The number of hydrogen-bond acceptors (Lipinski definition) is 16. The zero-order valence-electron chi connectivity index (χ0n) is 44.8. The van der Waals surface area contributed by atoms with Crippen molar-refractivity contribution in [3.8, 4) is 0 Å². The van der Waals surface area contributed by atoms with E-state index in [-0.39, 0.29) is 92.6 Å². The third kappa shape index (κ3) is 16.7. The monoisotopic (exact) mass is 1070 g/mol. The van der Waals surface area contributed by atoms with Crippen molar-refractivity contribution in [3.05, 3.63) is 107 Å². The molecule has 6 amide bonds. The summed E-state index contributed by atoms with van der Waals surface area (Å²) in [6.45, 7) is 12.2. The van der Waals surface area contributed by atoms with E-state index in [1.54, 1.807) is 67.6 Å². The van der Waals surface area contributed by atoms with Crippen molar-refractivity contribution >= 4 is 47.0 Å². The summed E-state index contributed by atoms with van der Waals surface area (Å²) in [6.07, 6.45) is 0.749. The van der Waals surface area contributed by atoms with E-state index in [1.165, 1.54) is 19.2 Å². The van der Waals surface area contributed by atoms with Crippen LogP contribution in [0.15, 0.2) is 81.8 Å². The summed E-state index contributed by atoms with van der Waals surface area (Å²) >= 11 is 0. The highest BCUT2D eigenvalue weighted by atomic mass is 16.6. The summed E-state index contributed by atoms with van der Waals surface area (Å²) < 4.78 is 27.1. The SMILES string of the molecule is COCC(NC(=O)c1cc(C(C)C)on1)C(=O)N[C@@H](Cc1ccccc1)C(=O)NC(CC(C)C)C(=O)[C@@]1(CCc2cc(C(=O)NC(CO)C(=O)NC(Cc3ccccc3)C(=O)NC(CC(C)C)C(=O)[C@@]3(C)CO3)no2)CO1. The van der Waals surface area contributed by atoms with E-state index >= 15 is 0 Å². The molecule has 2 fully saturated rings. The number of aryl methyl sites for hydroxylation is 1. The van der Waals surface area contributed by atoms with Crippen molar-refractivity contribution in [2.45, 2.75) is 140 Å². The minimum atomic E-state index is -1.54. The van der Waals surface area contributed by atoms with E-state index in [4.69, 9.17) is 23.3 Å². The minimum absolute atomic E-state index is 0.0304. The van der Waals surface area contributed by atoms with E-state index in [1.807, 2.05) is 41.5 Å². The zero-order valence-corrected chi connectivity index (χ0v) is 44.8. The second kappa shape index (κ2) is 26.8. The summed E-state index contributed by atoms with van der Waals surface area (Å²) in [4.78, 5) is 110. The first-order chi connectivity index (χ1) is 36.6. The highest BCUT2D eigenvalue weighted by Crippen LogP contribution is 2.36. The number of ketones is 2. The van der Waals surface area contributed by atoms with Crippen LogP contribution in [0.3, 0.4) is 0 Å². The number of rotatable bonds is 31. The highest BCUT2D eigenvalue weighted by Gasteiger charge is 2.54. The van der Waals surface area contributed by atoms with Crippen LogP contribution >= 0.6 is 0 Å². The van der Waals surface area contributed by atoms with Crippen LogP contribution in [-0.4, -0.2) is 143 Å². The number of epoxide rings is 2. The lowest BCUT2D eigenvalue weighted by atomic mass is 9.89. The first kappa shape index (κ1) is 59.1. The van der Waals surface area contributed by atoms with Crippen LogP contribution in [0.4, 0.5) is 0 Å². The molecule has 6 rings (SSSR count). The number of Topliss-reactive ketones (excluding diaryl/α,β-unsaturated/α-hetero) is 2. The van der Waals surface area contributed by atoms with Crippen LogP contribution in [0.25, 0.3) is 0 Å². The first-order valence-corrected chi connectivity index (χ1v) is 25.9. The predicted molar refractivity (Wildman–Crippen MR) is 277 cm³/mol. The Labute approximate surface area is 447 Å². The normalized spacial score (nSPS) is 19.0. The minimum Gasteiger partial charge on any atom is -0.394 e. The van der Waals surface area contributed by atoms with Gasteiger partial charge in [-0.15, -0.1) is 0 Å². The lowest BCUT2D eigenvalue weighted by Gasteiger charge is -2.27. The molecule has 0 aliphatic carbocycles. The van der Waals surface area contributed by atoms with Gasteiger partial charge in [0.1, 0.15) is 41.3 Å². The summed E-state index contributed by atoms with van der Waals surface area (Å²) in [5.41, 5.74) is -1.21. The Kier molecular flexibility index (Phi) is 20.5. The molecule has 2 saturated heterocycles. The maximum absolute atomic E-state index is 14.4. The van der Waals surface area contributed by atoms with E-state index in [0.717, 1.165) is 0 Å². The number of hydrogen-bond donors (Lipinski definition) is 7. The summed E-state index contributed by atoms with van der Waals surface area (Å²) in [6, 6.07) is 13.5. The first-order valence-electron chi connectivity index (χ1n) is 25.9. The van der Waals surface area contributed by atoms with Gasteiger partial charge in [-0.05, 0) is 49.1 Å². The fourth-order valence-electron chi connectivity index (χ4n) is 8.59. The predicted octanol–water partition coefficient (Wildman–Crippen LogP) is 2.47. The van der Waals surface area contributed by atoms with Gasteiger partial charge in [0.15, 0.2) is 28.6 Å². The number of carbonyl (C=O) groups excluding carboxylic acids is 8. The third-order valence-electron chi connectivity index (χ3n) is 13.2. The van der Waals surface area contributed by atoms with Gasteiger partial charge >= 0.3 is 0 Å². The second-order valence-corrected chi connectivity index (χ2v) is 21.1. The summed E-state index contributed by atoms with van der Waals surface area (Å²) in [5, 5.41) is 34.1. The molecule has 2 aromatic heterocycles. The number of aliphatic hydroxyl groups excluding tert-OH is 1. The Bertz CT molecular complexity index is 2680. The van der Waals surface area contributed by atoms with Gasteiger partial charge in [0.05, 0.1) is 38.5 Å². The number of benzene rings is 2. The maximum Gasteiger partial charge on any atom is 0.274 e. The van der Waals surface area contributed by atoms with E-state index in [0.29, 0.717) is 23.3 Å². The van der Waals surface area contributed by atoms with Gasteiger partial charge in [0.25, 0.3) is 11.8 Å². The fourth-order valence-corrected chi connectivity index (χ4v) is 8.59. The van der Waals surface area contributed by atoms with Gasteiger partial charge in [-0.3, -0.25) is 38.4 Å². The second-order valence-electron chi connectivity index (χ2n) is 21.1. The molecule has 22 nitrogen and oxygen atoms in total. The highest BCUT2D eigenvalue weighted by molar-refractivity contribution is 6.01. The number of nitrogens with one attached hydrogen (secondary N) is 6. The molecule has 2 aromatic carbocycles. The van der Waals surface area contributed by atoms with E-state index < -0.39 is 95.3 Å². The van der Waals surface area contributed by atoms with Gasteiger partial charge in [-0.1, -0.05) is 113 Å². The molecule has 5 unspecified atom stereocenters. The average Bonchev–Trinajstić information content (AvgIpc) is 4.24. The molecule has 0 spiro atoms. The van der Waals surface area contributed by atoms with Crippen LogP contribution in [0, 0.1) is 11.8 Å². The maximum atomic E-state index is 14.4. The molecule has 22 heteroatoms. The van der Waals surface area contributed by atoms with Crippen molar-refractivity contribution in [3.63, 3.8) is 0 Å². The van der Waals surface area contributed by atoms with Gasteiger partial charge in [0, 0.05) is 44.4 Å². The van der Waals surface area contributed by atoms with Crippen molar-refractivity contribution in [1.29, 1.82) is 0 Å². The van der Waals surface area contributed by atoms with Crippen molar-refractivity contribution in [2.24, 2.45) is 11.8 Å². The Morgan fingerprint density at radius 1 is 0.597 bits per heavy atom. The van der Waals surface area contributed by atoms with E-state index in [2.05, 4.69) is 42.2 Å². The Hall–Kier alpha value is -7.14. The van der Waals surface area contributed by atoms with Gasteiger partial charge < -0.3 is 60.3 Å². The van der Waals surface area contributed by atoms with Crippen molar-refractivity contribution < 1.29 is 66.7 Å². The number of amides is 6. The van der Waals surface area contributed by atoms with Crippen LogP contribution in [0.2, 0.25) is 0 Å². The van der Waals surface area contributed by atoms with Crippen molar-refractivity contribution in [2.75, 3.05) is 33.5 Å². The van der Waals surface area contributed by atoms with Gasteiger partial charge in [-0.2, -0.15) is 0 Å². The number of carbonyl (C=O) groups is 8. The largest absolute Gasteiger partial charge is 0.394 e. The van der Waals surface area contributed by atoms with Crippen LogP contribution in [0.1, 0.15) is 117 Å². The molecule has 2 aliphatic rings. The van der Waals surface area contributed by atoms with Crippen molar-refractivity contribution in [1.82, 2.24) is 42.2 Å². The molecule has 77 heavy (non-hydrogen) atoms. The molecule has 8 atom stereocenters. The van der Waals surface area contributed by atoms with Crippen LogP contribution < -0.4 is 31.9 Å².